The average Bonchev–Trinajstić information content (AvgIpc) is 2.65. The molecule has 1 aliphatic rings. The molecule has 2 amide bonds. The molecule has 2 aromatic carbocycles. The number of rotatable bonds is 5. The zero-order valence-electron chi connectivity index (χ0n) is 13.9. The Balaban J connectivity index is 1.75. The maximum absolute atomic E-state index is 12.5. The molecule has 1 aliphatic heterocycles. The van der Waals surface area contributed by atoms with E-state index in [1.165, 1.54) is 0 Å². The molecule has 3 rings (SSSR count). The monoisotopic (exact) mass is 342 g/mol. The molecule has 0 saturated heterocycles. The molecule has 2 aromatic rings. The van der Waals surface area contributed by atoms with Crippen LogP contribution in [0.4, 0.5) is 5.69 Å². The van der Waals surface area contributed by atoms with Crippen LogP contribution in [-0.2, 0) is 11.3 Å². The summed E-state index contributed by atoms with van der Waals surface area (Å²) in [7, 11) is 3.12. The van der Waals surface area contributed by atoms with Gasteiger partial charge in [-0.05, 0) is 29.8 Å². The fourth-order valence-corrected chi connectivity index (χ4v) is 2.56. The molecule has 0 saturated carbocycles. The average molecular weight is 342 g/mol. The number of ether oxygens (including phenoxy) is 3. The number of benzene rings is 2. The number of methoxy groups -OCH3 is 2. The highest BCUT2D eigenvalue weighted by Gasteiger charge is 2.22. The van der Waals surface area contributed by atoms with E-state index in [-0.39, 0.29) is 18.4 Å². The molecule has 1 heterocycles. The maximum atomic E-state index is 12.5. The molecule has 0 radical (unpaired) electrons. The molecule has 130 valence electrons. The molecule has 25 heavy (non-hydrogen) atoms. The van der Waals surface area contributed by atoms with Gasteiger partial charge in [-0.1, -0.05) is 12.1 Å². The van der Waals surface area contributed by atoms with Crippen molar-refractivity contribution in [1.29, 1.82) is 0 Å². The van der Waals surface area contributed by atoms with E-state index in [0.717, 1.165) is 5.56 Å². The van der Waals surface area contributed by atoms with Crippen molar-refractivity contribution in [3.8, 4) is 17.2 Å². The predicted molar refractivity (Wildman–Crippen MR) is 91.3 cm³/mol. The molecule has 2 N–H and O–H groups in total. The number of hydrogen-bond acceptors (Lipinski definition) is 5. The van der Waals surface area contributed by atoms with E-state index in [1.807, 2.05) is 6.07 Å². The minimum atomic E-state index is -0.308. The Bertz CT molecular complexity index is 819. The van der Waals surface area contributed by atoms with Gasteiger partial charge in [0, 0.05) is 6.54 Å². The van der Waals surface area contributed by atoms with Crippen LogP contribution in [0.1, 0.15) is 15.9 Å². The van der Waals surface area contributed by atoms with Crippen LogP contribution in [0.25, 0.3) is 0 Å². The third kappa shape index (κ3) is 3.50. The van der Waals surface area contributed by atoms with Crippen molar-refractivity contribution < 1.29 is 23.8 Å². The molecule has 0 fully saturated rings. The van der Waals surface area contributed by atoms with Crippen LogP contribution in [0, 0.1) is 0 Å². The number of anilines is 1. The van der Waals surface area contributed by atoms with Crippen LogP contribution in [-0.4, -0.2) is 32.6 Å². The molecular weight excluding hydrogens is 324 g/mol. The minimum absolute atomic E-state index is 0.0519. The van der Waals surface area contributed by atoms with Gasteiger partial charge in [-0.3, -0.25) is 9.59 Å². The van der Waals surface area contributed by atoms with Gasteiger partial charge in [0.15, 0.2) is 18.1 Å². The number of nitrogens with one attached hydrogen (secondary N) is 2. The van der Waals surface area contributed by atoms with Crippen LogP contribution < -0.4 is 24.8 Å². The largest absolute Gasteiger partial charge is 0.493 e. The van der Waals surface area contributed by atoms with Gasteiger partial charge in [-0.25, -0.2) is 0 Å². The van der Waals surface area contributed by atoms with Gasteiger partial charge >= 0.3 is 0 Å². The van der Waals surface area contributed by atoms with Crippen molar-refractivity contribution >= 4 is 17.5 Å². The second-order valence-corrected chi connectivity index (χ2v) is 5.39. The summed E-state index contributed by atoms with van der Waals surface area (Å²) in [5.41, 5.74) is 1.60. The first kappa shape index (κ1) is 16.6. The molecular formula is C18H18N2O5. The Morgan fingerprint density at radius 1 is 1.20 bits per heavy atom. The molecule has 0 aliphatic carbocycles. The van der Waals surface area contributed by atoms with Gasteiger partial charge in [0.2, 0.25) is 0 Å². The first-order valence-electron chi connectivity index (χ1n) is 7.67. The Labute approximate surface area is 144 Å². The van der Waals surface area contributed by atoms with Crippen LogP contribution in [0.15, 0.2) is 36.4 Å². The van der Waals surface area contributed by atoms with Gasteiger partial charge in [0.1, 0.15) is 5.75 Å². The first-order valence-corrected chi connectivity index (χ1v) is 7.67. The molecule has 7 nitrogen and oxygen atoms in total. The number of carbonyl (C=O) groups excluding carboxylic acids is 2. The van der Waals surface area contributed by atoms with Crippen molar-refractivity contribution in [2.75, 3.05) is 26.1 Å². The third-order valence-electron chi connectivity index (χ3n) is 3.80. The lowest BCUT2D eigenvalue weighted by molar-refractivity contribution is -0.118. The summed E-state index contributed by atoms with van der Waals surface area (Å²) in [5.74, 6) is 1.10. The summed E-state index contributed by atoms with van der Waals surface area (Å²) in [6, 6.07) is 10.5. The SMILES string of the molecule is COc1ccc(CNC(=O)c2cccc3c2NC(=O)CO3)cc1OC. The standard InChI is InChI=1S/C18H18N2O5/c1-23-13-7-6-11(8-15(13)24-2)9-19-18(22)12-4-3-5-14-17(12)20-16(21)10-25-14/h3-8H,9-10H2,1-2H3,(H,19,22)(H,20,21). The van der Waals surface area contributed by atoms with Crippen LogP contribution in [0.5, 0.6) is 17.2 Å². The fraction of sp³-hybridized carbons (Fsp3) is 0.222. The number of hydrogen-bond donors (Lipinski definition) is 2. The predicted octanol–water partition coefficient (Wildman–Crippen LogP) is 1.96. The Hall–Kier alpha value is -3.22. The zero-order valence-corrected chi connectivity index (χ0v) is 13.9. The second kappa shape index (κ2) is 7.12. The van der Waals surface area contributed by atoms with Crippen LogP contribution >= 0.6 is 0 Å². The quantitative estimate of drug-likeness (QED) is 0.868. The second-order valence-electron chi connectivity index (χ2n) is 5.39. The molecule has 7 heteroatoms. The van der Waals surface area contributed by atoms with Gasteiger partial charge in [0.05, 0.1) is 25.5 Å². The van der Waals surface area contributed by atoms with Gasteiger partial charge in [0.25, 0.3) is 11.8 Å². The highest BCUT2D eigenvalue weighted by Crippen LogP contribution is 2.31. The smallest absolute Gasteiger partial charge is 0.262 e. The van der Waals surface area contributed by atoms with Gasteiger partial charge in [-0.2, -0.15) is 0 Å². The Morgan fingerprint density at radius 2 is 2.00 bits per heavy atom. The van der Waals surface area contributed by atoms with E-state index in [9.17, 15) is 9.59 Å². The number of fused-ring (bicyclic) bond motifs is 1. The van der Waals surface area contributed by atoms with Crippen molar-refractivity contribution in [3.05, 3.63) is 47.5 Å². The number of para-hydroxylation sites is 1. The summed E-state index contributed by atoms with van der Waals surface area (Å²) in [4.78, 5) is 24.0. The summed E-state index contributed by atoms with van der Waals surface area (Å²) < 4.78 is 15.8. The molecule has 0 bridgehead atoms. The maximum Gasteiger partial charge on any atom is 0.262 e. The molecule has 0 atom stereocenters. The van der Waals surface area contributed by atoms with Crippen LogP contribution in [0.2, 0.25) is 0 Å². The highest BCUT2D eigenvalue weighted by atomic mass is 16.5. The molecule has 0 aromatic heterocycles. The summed E-state index contributed by atoms with van der Waals surface area (Å²) in [6.07, 6.45) is 0. The van der Waals surface area contributed by atoms with Crippen LogP contribution in [0.3, 0.4) is 0 Å². The lowest BCUT2D eigenvalue weighted by Crippen LogP contribution is -2.29. The van der Waals surface area contributed by atoms with E-state index >= 15 is 0 Å². The summed E-state index contributed by atoms with van der Waals surface area (Å²) in [5, 5.41) is 5.51. The molecule has 0 unspecified atom stereocenters. The van der Waals surface area contributed by atoms with Gasteiger partial charge < -0.3 is 24.8 Å². The summed E-state index contributed by atoms with van der Waals surface area (Å²) in [6.45, 7) is 0.251. The zero-order chi connectivity index (χ0) is 17.8. The minimum Gasteiger partial charge on any atom is -0.493 e. The van der Waals surface area contributed by atoms with E-state index in [4.69, 9.17) is 14.2 Å². The van der Waals surface area contributed by atoms with Crippen molar-refractivity contribution in [1.82, 2.24) is 5.32 Å². The first-order chi connectivity index (χ1) is 12.1. The number of carbonyl (C=O) groups is 2. The van der Waals surface area contributed by atoms with Gasteiger partial charge in [-0.15, -0.1) is 0 Å². The lowest BCUT2D eigenvalue weighted by Gasteiger charge is -2.20. The lowest BCUT2D eigenvalue weighted by atomic mass is 10.1. The number of amides is 2. The van der Waals surface area contributed by atoms with E-state index in [1.54, 1.807) is 44.6 Å². The topological polar surface area (TPSA) is 85.9 Å². The third-order valence-corrected chi connectivity index (χ3v) is 3.80. The van der Waals surface area contributed by atoms with Crippen molar-refractivity contribution in [2.45, 2.75) is 6.54 Å². The Morgan fingerprint density at radius 3 is 2.76 bits per heavy atom. The fourth-order valence-electron chi connectivity index (χ4n) is 2.56. The highest BCUT2D eigenvalue weighted by molar-refractivity contribution is 6.06. The summed E-state index contributed by atoms with van der Waals surface area (Å²) >= 11 is 0. The van der Waals surface area contributed by atoms with Crippen molar-refractivity contribution in [2.24, 2.45) is 0 Å². The van der Waals surface area contributed by atoms with Crippen molar-refractivity contribution in [3.63, 3.8) is 0 Å². The van der Waals surface area contributed by atoms with E-state index in [2.05, 4.69) is 10.6 Å². The molecule has 0 spiro atoms. The normalized spacial score (nSPS) is 12.5. The Kier molecular flexibility index (Phi) is 4.74. The van der Waals surface area contributed by atoms with E-state index in [0.29, 0.717) is 35.0 Å². The van der Waals surface area contributed by atoms with E-state index < -0.39 is 0 Å².